The average molecular weight is 321 g/mol. The predicted molar refractivity (Wildman–Crippen MR) is 82.5 cm³/mol. The zero-order valence-corrected chi connectivity index (χ0v) is 13.2. The van der Waals surface area contributed by atoms with E-state index in [0.29, 0.717) is 25.2 Å². The number of hydrogen-bond donors (Lipinski definition) is 1. The van der Waals surface area contributed by atoms with Crippen LogP contribution in [0.4, 0.5) is 14.9 Å². The van der Waals surface area contributed by atoms with Gasteiger partial charge in [-0.3, -0.25) is 4.79 Å². The first-order valence-corrected chi connectivity index (χ1v) is 7.62. The van der Waals surface area contributed by atoms with Crippen LogP contribution in [0.3, 0.4) is 0 Å². The summed E-state index contributed by atoms with van der Waals surface area (Å²) in [4.78, 5) is 27.8. The fourth-order valence-electron chi connectivity index (χ4n) is 3.15. The van der Waals surface area contributed by atoms with E-state index in [-0.39, 0.29) is 35.9 Å². The molecule has 6 nitrogen and oxygen atoms in total. The molecule has 7 heteroatoms. The molecule has 0 aliphatic carbocycles. The molecule has 2 fully saturated rings. The molecule has 124 valence electrons. The van der Waals surface area contributed by atoms with E-state index >= 15 is 0 Å². The second-order valence-electron chi connectivity index (χ2n) is 6.21. The van der Waals surface area contributed by atoms with Gasteiger partial charge in [-0.05, 0) is 30.7 Å². The summed E-state index contributed by atoms with van der Waals surface area (Å²) in [5.74, 6) is -0.505. The molecule has 2 saturated heterocycles. The number of carbonyl (C=O) groups excluding carboxylic acids is 2. The summed E-state index contributed by atoms with van der Waals surface area (Å²) in [5, 5.41) is 2.74. The molecule has 2 bridgehead atoms. The standard InChI is InChI=1S/C16H20FN3O3/c1-19(2)15(21)13-7-12-8-20(9-14(13)23-12)16(22)18-11-5-3-10(17)4-6-11/h3-6,12-14H,7-9H2,1-2H3,(H,18,22)/t12-,13+,14+/m0/s1. The van der Waals surface area contributed by atoms with Crippen molar-refractivity contribution < 1.29 is 18.7 Å². The first-order chi connectivity index (χ1) is 10.9. The molecule has 0 unspecified atom stereocenters. The monoisotopic (exact) mass is 321 g/mol. The van der Waals surface area contributed by atoms with Gasteiger partial charge in [-0.1, -0.05) is 0 Å². The van der Waals surface area contributed by atoms with Crippen LogP contribution in [0, 0.1) is 11.7 Å². The third-order valence-corrected chi connectivity index (χ3v) is 4.30. The minimum absolute atomic E-state index is 0.0401. The van der Waals surface area contributed by atoms with E-state index in [0.717, 1.165) is 0 Å². The Labute approximate surface area is 134 Å². The number of nitrogens with one attached hydrogen (secondary N) is 1. The SMILES string of the molecule is CN(C)C(=O)[C@@H]1C[C@H]2CN(C(=O)Nc3ccc(F)cc3)C[C@H]1O2. The molecule has 1 aromatic rings. The number of likely N-dealkylation sites (tertiary alicyclic amines) is 1. The van der Waals surface area contributed by atoms with Gasteiger partial charge < -0.3 is 19.9 Å². The van der Waals surface area contributed by atoms with Crippen molar-refractivity contribution in [2.24, 2.45) is 5.92 Å². The molecule has 1 N–H and O–H groups in total. The number of ether oxygens (including phenoxy) is 1. The number of carbonyl (C=O) groups is 2. The first kappa shape index (κ1) is 15.7. The first-order valence-electron chi connectivity index (χ1n) is 7.62. The molecular formula is C16H20FN3O3. The van der Waals surface area contributed by atoms with Crippen molar-refractivity contribution in [1.82, 2.24) is 9.80 Å². The lowest BCUT2D eigenvalue weighted by Crippen LogP contribution is -2.49. The molecule has 2 heterocycles. The number of anilines is 1. The van der Waals surface area contributed by atoms with Crippen LogP contribution in [0.2, 0.25) is 0 Å². The topological polar surface area (TPSA) is 61.9 Å². The third kappa shape index (κ3) is 3.29. The molecule has 23 heavy (non-hydrogen) atoms. The minimum atomic E-state index is -0.350. The van der Waals surface area contributed by atoms with Gasteiger partial charge in [0.05, 0.1) is 18.1 Å². The normalized spacial score (nSPS) is 26.0. The number of amides is 3. The van der Waals surface area contributed by atoms with Crippen molar-refractivity contribution in [2.45, 2.75) is 18.6 Å². The predicted octanol–water partition coefficient (Wildman–Crippen LogP) is 1.54. The molecule has 0 radical (unpaired) electrons. The van der Waals surface area contributed by atoms with Gasteiger partial charge >= 0.3 is 6.03 Å². The molecule has 0 spiro atoms. The van der Waals surface area contributed by atoms with Crippen LogP contribution in [0.25, 0.3) is 0 Å². The van der Waals surface area contributed by atoms with E-state index in [1.165, 1.54) is 24.3 Å². The van der Waals surface area contributed by atoms with Gasteiger partial charge in [0.2, 0.25) is 5.91 Å². The lowest BCUT2D eigenvalue weighted by atomic mass is 9.99. The fraction of sp³-hybridized carbons (Fsp3) is 0.500. The van der Waals surface area contributed by atoms with Crippen molar-refractivity contribution in [3.05, 3.63) is 30.1 Å². The lowest BCUT2D eigenvalue weighted by Gasteiger charge is -2.33. The van der Waals surface area contributed by atoms with E-state index in [1.54, 1.807) is 23.9 Å². The Hall–Kier alpha value is -2.15. The molecule has 0 saturated carbocycles. The van der Waals surface area contributed by atoms with E-state index in [9.17, 15) is 14.0 Å². The summed E-state index contributed by atoms with van der Waals surface area (Å²) >= 11 is 0. The van der Waals surface area contributed by atoms with Gasteiger partial charge in [-0.15, -0.1) is 0 Å². The molecule has 0 aromatic heterocycles. The Kier molecular flexibility index (Phi) is 4.21. The average Bonchev–Trinajstić information content (AvgIpc) is 2.82. The maximum atomic E-state index is 12.9. The van der Waals surface area contributed by atoms with Crippen molar-refractivity contribution in [3.8, 4) is 0 Å². The molecule has 3 rings (SSSR count). The molecular weight excluding hydrogens is 301 g/mol. The second kappa shape index (κ2) is 6.16. The summed E-state index contributed by atoms with van der Waals surface area (Å²) in [5.41, 5.74) is 0.538. The van der Waals surface area contributed by atoms with Crippen molar-refractivity contribution in [1.29, 1.82) is 0 Å². The smallest absolute Gasteiger partial charge is 0.322 e. The van der Waals surface area contributed by atoms with Crippen LogP contribution in [0.1, 0.15) is 6.42 Å². The summed E-state index contributed by atoms with van der Waals surface area (Å²) in [7, 11) is 3.45. The van der Waals surface area contributed by atoms with E-state index in [2.05, 4.69) is 5.32 Å². The van der Waals surface area contributed by atoms with Gasteiger partial charge in [-0.25, -0.2) is 9.18 Å². The van der Waals surface area contributed by atoms with E-state index in [4.69, 9.17) is 4.74 Å². The summed E-state index contributed by atoms with van der Waals surface area (Å²) < 4.78 is 18.7. The van der Waals surface area contributed by atoms with Gasteiger partial charge in [-0.2, -0.15) is 0 Å². The van der Waals surface area contributed by atoms with Crippen LogP contribution >= 0.6 is 0 Å². The zero-order chi connectivity index (χ0) is 16.6. The van der Waals surface area contributed by atoms with Crippen molar-refractivity contribution >= 4 is 17.6 Å². The summed E-state index contributed by atoms with van der Waals surface area (Å²) in [6.07, 6.45) is 0.270. The van der Waals surface area contributed by atoms with Crippen molar-refractivity contribution in [2.75, 3.05) is 32.5 Å². The van der Waals surface area contributed by atoms with Crippen LogP contribution in [-0.2, 0) is 9.53 Å². The zero-order valence-electron chi connectivity index (χ0n) is 13.2. The van der Waals surface area contributed by atoms with E-state index in [1.807, 2.05) is 0 Å². The molecule has 2 aliphatic heterocycles. The maximum absolute atomic E-state index is 12.9. The third-order valence-electron chi connectivity index (χ3n) is 4.30. The molecule has 1 aromatic carbocycles. The highest BCUT2D eigenvalue weighted by Crippen LogP contribution is 2.33. The highest BCUT2D eigenvalue weighted by Gasteiger charge is 2.46. The number of rotatable bonds is 2. The Morgan fingerprint density at radius 2 is 1.96 bits per heavy atom. The fourth-order valence-corrected chi connectivity index (χ4v) is 3.15. The molecule has 3 amide bonds. The number of hydrogen-bond acceptors (Lipinski definition) is 3. The minimum Gasteiger partial charge on any atom is -0.370 e. The quantitative estimate of drug-likeness (QED) is 0.899. The van der Waals surface area contributed by atoms with Gasteiger partial charge in [0.25, 0.3) is 0 Å². The Bertz CT molecular complexity index is 605. The van der Waals surface area contributed by atoms with Gasteiger partial charge in [0.1, 0.15) is 5.82 Å². The van der Waals surface area contributed by atoms with Crippen LogP contribution in [0.5, 0.6) is 0 Å². The summed E-state index contributed by atoms with van der Waals surface area (Å²) in [6, 6.07) is 5.36. The number of benzene rings is 1. The number of morpholine rings is 1. The number of fused-ring (bicyclic) bond motifs is 2. The largest absolute Gasteiger partial charge is 0.370 e. The Balaban J connectivity index is 1.63. The second-order valence-corrected chi connectivity index (χ2v) is 6.21. The van der Waals surface area contributed by atoms with Gasteiger partial charge in [0.15, 0.2) is 0 Å². The van der Waals surface area contributed by atoms with Crippen LogP contribution < -0.4 is 5.32 Å². The van der Waals surface area contributed by atoms with Gasteiger partial charge in [0, 0.05) is 32.9 Å². The maximum Gasteiger partial charge on any atom is 0.322 e. The van der Waals surface area contributed by atoms with Crippen LogP contribution in [0.15, 0.2) is 24.3 Å². The van der Waals surface area contributed by atoms with E-state index < -0.39 is 0 Å². The lowest BCUT2D eigenvalue weighted by molar-refractivity contribution is -0.135. The molecule has 2 aliphatic rings. The van der Waals surface area contributed by atoms with Crippen LogP contribution in [-0.4, -0.2) is 61.1 Å². The summed E-state index contributed by atoms with van der Waals surface area (Å²) in [6.45, 7) is 0.842. The Morgan fingerprint density at radius 3 is 2.61 bits per heavy atom. The highest BCUT2D eigenvalue weighted by atomic mass is 19.1. The number of urea groups is 1. The molecule has 3 atom stereocenters. The Morgan fingerprint density at radius 1 is 1.26 bits per heavy atom. The number of nitrogens with zero attached hydrogens (tertiary/aromatic N) is 2. The van der Waals surface area contributed by atoms with Crippen molar-refractivity contribution in [3.63, 3.8) is 0 Å². The number of halogens is 1. The highest BCUT2D eigenvalue weighted by molar-refractivity contribution is 5.89.